The van der Waals surface area contributed by atoms with Crippen LogP contribution in [-0.2, 0) is 4.79 Å². The second kappa shape index (κ2) is 8.67. The normalized spacial score (nSPS) is 15.1. The number of nitrogens with one attached hydrogen (secondary N) is 1. The van der Waals surface area contributed by atoms with Crippen LogP contribution in [0.25, 0.3) is 0 Å². The quantitative estimate of drug-likeness (QED) is 0.775. The maximum atomic E-state index is 12.0. The summed E-state index contributed by atoms with van der Waals surface area (Å²) < 4.78 is 5.20. The first-order valence-corrected chi connectivity index (χ1v) is 7.51. The fraction of sp³-hybridized carbons (Fsp3) is 0.588. The van der Waals surface area contributed by atoms with E-state index in [1.54, 1.807) is 14.0 Å². The van der Waals surface area contributed by atoms with Gasteiger partial charge in [0.05, 0.1) is 13.2 Å². The summed E-state index contributed by atoms with van der Waals surface area (Å²) in [5.41, 5.74) is 1.10. The molecule has 1 aromatic carbocycles. The predicted molar refractivity (Wildman–Crippen MR) is 84.5 cm³/mol. The van der Waals surface area contributed by atoms with Gasteiger partial charge in [0.15, 0.2) is 0 Å². The number of benzene rings is 1. The molecule has 3 atom stereocenters. The Morgan fingerprint density at radius 2 is 2.05 bits per heavy atom. The van der Waals surface area contributed by atoms with E-state index in [1.807, 2.05) is 38.1 Å². The largest absolute Gasteiger partial charge is 0.497 e. The first kappa shape index (κ1) is 17.5. The highest BCUT2D eigenvalue weighted by atomic mass is 16.5. The smallest absolute Gasteiger partial charge is 0.220 e. The average molecular weight is 293 g/mol. The Labute approximate surface area is 127 Å². The molecule has 0 bridgehead atoms. The Bertz CT molecular complexity index is 445. The Kier molecular flexibility index (Phi) is 7.23. The lowest BCUT2D eigenvalue weighted by molar-refractivity contribution is -0.121. The molecule has 0 spiro atoms. The minimum absolute atomic E-state index is 0.0442. The second-order valence-corrected chi connectivity index (χ2v) is 5.88. The first-order chi connectivity index (χ1) is 9.92. The molecule has 0 saturated heterocycles. The van der Waals surface area contributed by atoms with E-state index in [1.165, 1.54) is 0 Å². The fourth-order valence-corrected chi connectivity index (χ4v) is 2.37. The number of hydrogen-bond acceptors (Lipinski definition) is 3. The van der Waals surface area contributed by atoms with Crippen LogP contribution in [0.2, 0.25) is 0 Å². The lowest BCUT2D eigenvalue weighted by atomic mass is 9.97. The molecule has 1 amide bonds. The van der Waals surface area contributed by atoms with Crippen molar-refractivity contribution in [1.82, 2.24) is 5.32 Å². The monoisotopic (exact) mass is 293 g/mol. The maximum Gasteiger partial charge on any atom is 0.220 e. The van der Waals surface area contributed by atoms with Crippen molar-refractivity contribution in [3.63, 3.8) is 0 Å². The molecule has 4 heteroatoms. The summed E-state index contributed by atoms with van der Waals surface area (Å²) in [6.07, 6.45) is 0.827. The number of carbonyl (C=O) groups is 1. The van der Waals surface area contributed by atoms with Crippen molar-refractivity contribution in [1.29, 1.82) is 0 Å². The van der Waals surface area contributed by atoms with Crippen molar-refractivity contribution in [2.45, 2.75) is 45.6 Å². The van der Waals surface area contributed by atoms with Gasteiger partial charge in [-0.2, -0.15) is 0 Å². The highest BCUT2D eigenvalue weighted by molar-refractivity contribution is 5.76. The second-order valence-electron chi connectivity index (χ2n) is 5.88. The van der Waals surface area contributed by atoms with Gasteiger partial charge in [0.2, 0.25) is 5.91 Å². The van der Waals surface area contributed by atoms with Crippen LogP contribution in [-0.4, -0.2) is 30.8 Å². The third-order valence-electron chi connectivity index (χ3n) is 3.55. The number of amides is 1. The van der Waals surface area contributed by atoms with Crippen LogP contribution in [0.1, 0.15) is 45.1 Å². The molecule has 0 saturated carbocycles. The molecule has 21 heavy (non-hydrogen) atoms. The Hall–Kier alpha value is -1.55. The van der Waals surface area contributed by atoms with E-state index in [0.29, 0.717) is 19.4 Å². The number of aliphatic hydroxyl groups excluding tert-OH is 1. The zero-order valence-corrected chi connectivity index (χ0v) is 13.4. The number of carbonyl (C=O) groups excluding carboxylic acids is 1. The van der Waals surface area contributed by atoms with Gasteiger partial charge in [-0.15, -0.1) is 0 Å². The zero-order valence-electron chi connectivity index (χ0n) is 13.4. The Morgan fingerprint density at radius 1 is 1.33 bits per heavy atom. The van der Waals surface area contributed by atoms with Crippen molar-refractivity contribution in [3.8, 4) is 5.75 Å². The molecule has 0 aliphatic heterocycles. The van der Waals surface area contributed by atoms with E-state index >= 15 is 0 Å². The standard InChI is InChI=1S/C17H27NO3/c1-12(8-14(3)19)11-18-17(20)9-13(2)15-6-5-7-16(10-15)21-4/h5-7,10,12-14,19H,8-9,11H2,1-4H3,(H,18,20). The molecular weight excluding hydrogens is 266 g/mol. The van der Waals surface area contributed by atoms with Crippen LogP contribution in [0.4, 0.5) is 0 Å². The molecule has 0 fully saturated rings. The van der Waals surface area contributed by atoms with Gasteiger partial charge in [-0.05, 0) is 42.9 Å². The van der Waals surface area contributed by atoms with Gasteiger partial charge < -0.3 is 15.2 Å². The van der Waals surface area contributed by atoms with Crippen LogP contribution < -0.4 is 10.1 Å². The van der Waals surface area contributed by atoms with Gasteiger partial charge >= 0.3 is 0 Å². The summed E-state index contributed by atoms with van der Waals surface area (Å²) in [5.74, 6) is 1.28. The maximum absolute atomic E-state index is 12.0. The van der Waals surface area contributed by atoms with Crippen molar-refractivity contribution in [2.75, 3.05) is 13.7 Å². The number of rotatable bonds is 8. The third-order valence-corrected chi connectivity index (χ3v) is 3.55. The third kappa shape index (κ3) is 6.63. The molecule has 0 aliphatic rings. The van der Waals surface area contributed by atoms with Crippen molar-refractivity contribution < 1.29 is 14.6 Å². The zero-order chi connectivity index (χ0) is 15.8. The molecule has 0 radical (unpaired) electrons. The molecule has 0 aliphatic carbocycles. The van der Waals surface area contributed by atoms with Crippen LogP contribution in [0, 0.1) is 5.92 Å². The van der Waals surface area contributed by atoms with Crippen LogP contribution >= 0.6 is 0 Å². The van der Waals surface area contributed by atoms with Gasteiger partial charge in [0.1, 0.15) is 5.75 Å². The minimum Gasteiger partial charge on any atom is -0.497 e. The molecule has 0 heterocycles. The highest BCUT2D eigenvalue weighted by Gasteiger charge is 2.13. The van der Waals surface area contributed by atoms with Gasteiger partial charge in [-0.3, -0.25) is 4.79 Å². The van der Waals surface area contributed by atoms with Crippen molar-refractivity contribution in [2.24, 2.45) is 5.92 Å². The van der Waals surface area contributed by atoms with Gasteiger partial charge in [0, 0.05) is 13.0 Å². The predicted octanol–water partition coefficient (Wildman–Crippen LogP) is 2.71. The fourth-order valence-electron chi connectivity index (χ4n) is 2.37. The number of ether oxygens (including phenoxy) is 1. The number of hydrogen-bond donors (Lipinski definition) is 2. The van der Waals surface area contributed by atoms with E-state index in [0.717, 1.165) is 11.3 Å². The lowest BCUT2D eigenvalue weighted by Crippen LogP contribution is -2.30. The Balaban J connectivity index is 2.43. The van der Waals surface area contributed by atoms with E-state index in [4.69, 9.17) is 4.74 Å². The summed E-state index contributed by atoms with van der Waals surface area (Å²) >= 11 is 0. The van der Waals surface area contributed by atoms with Gasteiger partial charge in [-0.25, -0.2) is 0 Å². The molecule has 3 unspecified atom stereocenters. The lowest BCUT2D eigenvalue weighted by Gasteiger charge is -2.16. The van der Waals surface area contributed by atoms with Crippen molar-refractivity contribution in [3.05, 3.63) is 29.8 Å². The molecule has 118 valence electrons. The molecule has 1 aromatic rings. The average Bonchev–Trinajstić information content (AvgIpc) is 2.44. The Morgan fingerprint density at radius 3 is 2.67 bits per heavy atom. The van der Waals surface area contributed by atoms with Crippen molar-refractivity contribution >= 4 is 5.91 Å². The SMILES string of the molecule is COc1cccc(C(C)CC(=O)NCC(C)CC(C)O)c1. The molecule has 1 rings (SSSR count). The van der Waals surface area contributed by atoms with Crippen LogP contribution in [0.5, 0.6) is 5.75 Å². The topological polar surface area (TPSA) is 58.6 Å². The van der Waals surface area contributed by atoms with E-state index in [9.17, 15) is 9.90 Å². The molecule has 2 N–H and O–H groups in total. The first-order valence-electron chi connectivity index (χ1n) is 7.51. The van der Waals surface area contributed by atoms with E-state index in [2.05, 4.69) is 5.32 Å². The van der Waals surface area contributed by atoms with Gasteiger partial charge in [0.25, 0.3) is 0 Å². The summed E-state index contributed by atoms with van der Waals surface area (Å²) in [6.45, 7) is 6.43. The number of methoxy groups -OCH3 is 1. The summed E-state index contributed by atoms with van der Waals surface area (Å²) in [5, 5.41) is 12.2. The van der Waals surface area contributed by atoms with Gasteiger partial charge in [-0.1, -0.05) is 26.0 Å². The summed E-state index contributed by atoms with van der Waals surface area (Å²) in [7, 11) is 1.64. The van der Waals surface area contributed by atoms with Crippen LogP contribution in [0.3, 0.4) is 0 Å². The van der Waals surface area contributed by atoms with E-state index < -0.39 is 0 Å². The summed E-state index contributed by atoms with van der Waals surface area (Å²) in [4.78, 5) is 12.0. The molecular formula is C17H27NO3. The summed E-state index contributed by atoms with van der Waals surface area (Å²) in [6, 6.07) is 7.81. The van der Waals surface area contributed by atoms with Crippen LogP contribution in [0.15, 0.2) is 24.3 Å². The molecule has 0 aromatic heterocycles. The minimum atomic E-state index is -0.326. The highest BCUT2D eigenvalue weighted by Crippen LogP contribution is 2.23. The molecule has 4 nitrogen and oxygen atoms in total. The van der Waals surface area contributed by atoms with E-state index in [-0.39, 0.29) is 23.8 Å². The number of aliphatic hydroxyl groups is 1.